The summed E-state index contributed by atoms with van der Waals surface area (Å²) in [4.78, 5) is 14.9. The van der Waals surface area contributed by atoms with E-state index in [1.165, 1.54) is 4.88 Å². The van der Waals surface area contributed by atoms with Gasteiger partial charge in [-0.05, 0) is 53.3 Å². The Labute approximate surface area is 209 Å². The van der Waals surface area contributed by atoms with Gasteiger partial charge < -0.3 is 15.4 Å². The number of fused-ring (bicyclic) bond motifs is 1. The fourth-order valence-corrected chi connectivity index (χ4v) is 5.82. The molecule has 0 saturated heterocycles. The van der Waals surface area contributed by atoms with Crippen molar-refractivity contribution < 1.29 is 9.53 Å². The molecule has 0 amide bonds. The van der Waals surface area contributed by atoms with E-state index < -0.39 is 0 Å². The van der Waals surface area contributed by atoms with Crippen molar-refractivity contribution in [3.63, 3.8) is 0 Å². The number of anilines is 2. The van der Waals surface area contributed by atoms with E-state index in [1.54, 1.807) is 11.3 Å². The minimum Gasteiger partial charge on any atom is -0.489 e. The smallest absolute Gasteiger partial charge is 0.163 e. The van der Waals surface area contributed by atoms with Gasteiger partial charge in [-0.3, -0.25) is 4.79 Å². The third-order valence-corrected chi connectivity index (χ3v) is 7.73. The fraction of sp³-hybridized carbons (Fsp3) is 0.167. The van der Waals surface area contributed by atoms with E-state index in [1.807, 2.05) is 42.5 Å². The standard InChI is InChI=1S/C30H26N2O2S/c33-27-18-22(28-14-7-15-35-28)17-26-29(27)30(32-25-13-5-4-12-24(25)31-26)21-10-6-11-23(16-21)34-19-20-8-2-1-3-9-20/h1-16,22,30-32H,17-19H2. The molecular formula is C30H26N2O2S. The van der Waals surface area contributed by atoms with E-state index in [2.05, 4.69) is 64.5 Å². The van der Waals surface area contributed by atoms with Gasteiger partial charge in [0, 0.05) is 28.5 Å². The zero-order valence-corrected chi connectivity index (χ0v) is 20.1. The summed E-state index contributed by atoms with van der Waals surface area (Å²) in [5.41, 5.74) is 5.97. The van der Waals surface area contributed by atoms with E-state index in [9.17, 15) is 4.79 Å². The summed E-state index contributed by atoms with van der Waals surface area (Å²) >= 11 is 1.73. The molecule has 0 spiro atoms. The van der Waals surface area contributed by atoms with E-state index >= 15 is 0 Å². The lowest BCUT2D eigenvalue weighted by Crippen LogP contribution is -2.26. The van der Waals surface area contributed by atoms with Crippen LogP contribution in [-0.2, 0) is 11.4 Å². The minimum absolute atomic E-state index is 0.193. The highest BCUT2D eigenvalue weighted by molar-refractivity contribution is 7.10. The molecule has 0 fully saturated rings. The van der Waals surface area contributed by atoms with Gasteiger partial charge in [0.05, 0.1) is 17.4 Å². The molecule has 4 nitrogen and oxygen atoms in total. The lowest BCUT2D eigenvalue weighted by molar-refractivity contribution is -0.116. The molecule has 2 atom stereocenters. The van der Waals surface area contributed by atoms with Crippen LogP contribution in [0.3, 0.4) is 0 Å². The first kappa shape index (κ1) is 21.7. The normalized spacial score (nSPS) is 19.1. The van der Waals surface area contributed by atoms with Crippen molar-refractivity contribution in [2.24, 2.45) is 0 Å². The van der Waals surface area contributed by atoms with Crippen molar-refractivity contribution in [1.82, 2.24) is 0 Å². The topological polar surface area (TPSA) is 50.4 Å². The summed E-state index contributed by atoms with van der Waals surface area (Å²) in [6.45, 7) is 0.502. The largest absolute Gasteiger partial charge is 0.489 e. The highest BCUT2D eigenvalue weighted by Gasteiger charge is 2.36. The number of para-hydroxylation sites is 2. The molecule has 6 rings (SSSR count). The number of ether oxygens (including phenoxy) is 1. The average molecular weight is 479 g/mol. The van der Waals surface area contributed by atoms with E-state index in [4.69, 9.17) is 4.74 Å². The minimum atomic E-state index is -0.252. The van der Waals surface area contributed by atoms with Crippen molar-refractivity contribution >= 4 is 28.5 Å². The van der Waals surface area contributed by atoms with Crippen molar-refractivity contribution in [1.29, 1.82) is 0 Å². The molecule has 2 unspecified atom stereocenters. The zero-order valence-electron chi connectivity index (χ0n) is 19.2. The molecule has 1 aromatic heterocycles. The molecule has 174 valence electrons. The molecule has 4 aromatic rings. The van der Waals surface area contributed by atoms with E-state index in [-0.39, 0.29) is 17.7 Å². The van der Waals surface area contributed by atoms with Crippen LogP contribution in [0.15, 0.2) is 108 Å². The highest BCUT2D eigenvalue weighted by Crippen LogP contribution is 2.45. The van der Waals surface area contributed by atoms with Gasteiger partial charge in [-0.2, -0.15) is 0 Å². The van der Waals surface area contributed by atoms with Crippen LogP contribution in [0, 0.1) is 0 Å². The molecule has 1 aliphatic carbocycles. The molecule has 3 aromatic carbocycles. The summed E-state index contributed by atoms with van der Waals surface area (Å²) in [6, 6.07) is 30.4. The first-order valence-corrected chi connectivity index (χ1v) is 12.8. The van der Waals surface area contributed by atoms with Crippen LogP contribution in [0.2, 0.25) is 0 Å². The van der Waals surface area contributed by atoms with E-state index in [0.717, 1.165) is 45.9 Å². The van der Waals surface area contributed by atoms with Gasteiger partial charge in [0.2, 0.25) is 0 Å². The number of carbonyl (C=O) groups excluding carboxylic acids is 1. The van der Waals surface area contributed by atoms with Crippen LogP contribution in [-0.4, -0.2) is 5.78 Å². The maximum absolute atomic E-state index is 13.7. The van der Waals surface area contributed by atoms with Gasteiger partial charge in [0.25, 0.3) is 0 Å². The summed E-state index contributed by atoms with van der Waals surface area (Å²) < 4.78 is 6.11. The number of nitrogens with one attached hydrogen (secondary N) is 2. The van der Waals surface area contributed by atoms with Gasteiger partial charge in [-0.15, -0.1) is 11.3 Å². The van der Waals surface area contributed by atoms with Gasteiger partial charge >= 0.3 is 0 Å². The first-order valence-electron chi connectivity index (χ1n) is 11.9. The number of carbonyl (C=O) groups is 1. The Balaban J connectivity index is 1.36. The number of thiophene rings is 1. The van der Waals surface area contributed by atoms with Crippen LogP contribution < -0.4 is 15.4 Å². The van der Waals surface area contributed by atoms with Crippen molar-refractivity contribution in [2.75, 3.05) is 10.6 Å². The maximum atomic E-state index is 13.7. The van der Waals surface area contributed by atoms with Crippen LogP contribution in [0.4, 0.5) is 11.4 Å². The molecule has 35 heavy (non-hydrogen) atoms. The Kier molecular flexibility index (Phi) is 5.84. The highest BCUT2D eigenvalue weighted by atomic mass is 32.1. The Bertz CT molecular complexity index is 1380. The van der Waals surface area contributed by atoms with Crippen molar-refractivity contribution in [2.45, 2.75) is 31.4 Å². The van der Waals surface area contributed by atoms with Crippen LogP contribution in [0.25, 0.3) is 0 Å². The average Bonchev–Trinajstić information content (AvgIpc) is 3.37. The number of allylic oxidation sites excluding steroid dienone is 1. The molecule has 2 aliphatic rings. The summed E-state index contributed by atoms with van der Waals surface area (Å²) in [5.74, 6) is 1.19. The molecule has 2 heterocycles. The Morgan fingerprint density at radius 3 is 2.51 bits per heavy atom. The molecule has 0 saturated carbocycles. The van der Waals surface area contributed by atoms with Gasteiger partial charge in [-0.1, -0.05) is 60.7 Å². The van der Waals surface area contributed by atoms with E-state index in [0.29, 0.717) is 13.0 Å². The molecule has 2 N–H and O–H groups in total. The van der Waals surface area contributed by atoms with Crippen LogP contribution in [0.5, 0.6) is 5.75 Å². The lowest BCUT2D eigenvalue weighted by atomic mass is 9.81. The number of rotatable bonds is 5. The first-order chi connectivity index (χ1) is 17.2. The van der Waals surface area contributed by atoms with Crippen LogP contribution >= 0.6 is 11.3 Å². The third-order valence-electron chi connectivity index (χ3n) is 6.69. The Hall–Kier alpha value is -3.83. The predicted octanol–water partition coefficient (Wildman–Crippen LogP) is 7.31. The Morgan fingerprint density at radius 1 is 0.857 bits per heavy atom. The van der Waals surface area contributed by atoms with Gasteiger partial charge in [0.1, 0.15) is 12.4 Å². The molecule has 5 heteroatoms. The van der Waals surface area contributed by atoms with Crippen LogP contribution in [0.1, 0.15) is 40.8 Å². The second-order valence-corrected chi connectivity index (χ2v) is 10.0. The fourth-order valence-electron chi connectivity index (χ4n) is 4.99. The lowest BCUT2D eigenvalue weighted by Gasteiger charge is -2.29. The number of benzene rings is 3. The SMILES string of the molecule is O=C1CC(c2cccs2)CC2=C1C(c1cccc(OCc3ccccc3)c1)Nc1ccccc1N2. The monoisotopic (exact) mass is 478 g/mol. The summed E-state index contributed by atoms with van der Waals surface area (Å²) in [7, 11) is 0. The number of hydrogen-bond acceptors (Lipinski definition) is 5. The molecule has 0 radical (unpaired) electrons. The number of hydrogen-bond donors (Lipinski definition) is 2. The zero-order chi connectivity index (χ0) is 23.6. The second kappa shape index (κ2) is 9.43. The van der Waals surface area contributed by atoms with Gasteiger partial charge in [-0.25, -0.2) is 0 Å². The van der Waals surface area contributed by atoms with Gasteiger partial charge in [0.15, 0.2) is 5.78 Å². The second-order valence-electron chi connectivity index (χ2n) is 9.03. The number of Topliss-reactive ketones (excluding diaryl/α,β-unsaturated/α-hetero) is 1. The van der Waals surface area contributed by atoms with Crippen molar-refractivity contribution in [3.8, 4) is 5.75 Å². The summed E-state index contributed by atoms with van der Waals surface area (Å²) in [6.07, 6.45) is 1.35. The Morgan fingerprint density at radius 2 is 1.69 bits per heavy atom. The molecule has 0 bridgehead atoms. The third kappa shape index (κ3) is 4.47. The number of ketones is 1. The maximum Gasteiger partial charge on any atom is 0.163 e. The molecule has 1 aliphatic heterocycles. The van der Waals surface area contributed by atoms with Crippen molar-refractivity contribution in [3.05, 3.63) is 124 Å². The summed E-state index contributed by atoms with van der Waals surface area (Å²) in [5, 5.41) is 9.36. The molecular weight excluding hydrogens is 452 g/mol. The predicted molar refractivity (Wildman–Crippen MR) is 142 cm³/mol. The quantitative estimate of drug-likeness (QED) is 0.316.